The SMILES string of the molecule is CC(C)N1CC[n+]2c(nc3cccc4c3c2N=NC4=O)C1. The van der Waals surface area contributed by atoms with Gasteiger partial charge >= 0.3 is 11.7 Å². The zero-order valence-electron chi connectivity index (χ0n) is 12.1. The van der Waals surface area contributed by atoms with Crippen LogP contribution in [0.15, 0.2) is 28.4 Å². The predicted molar refractivity (Wildman–Crippen MR) is 76.3 cm³/mol. The monoisotopic (exact) mass is 282 g/mol. The minimum atomic E-state index is -0.282. The Morgan fingerprint density at radius 3 is 2.95 bits per heavy atom. The molecule has 2 aliphatic rings. The van der Waals surface area contributed by atoms with Crippen LogP contribution < -0.4 is 4.57 Å². The highest BCUT2D eigenvalue weighted by Gasteiger charge is 2.32. The van der Waals surface area contributed by atoms with Crippen LogP contribution in [0, 0.1) is 0 Å². The fraction of sp³-hybridized carbons (Fsp3) is 0.400. The molecule has 0 saturated carbocycles. The average molecular weight is 282 g/mol. The molecule has 0 fully saturated rings. The lowest BCUT2D eigenvalue weighted by molar-refractivity contribution is -0.701. The summed E-state index contributed by atoms with van der Waals surface area (Å²) in [7, 11) is 0. The average Bonchev–Trinajstić information content (AvgIpc) is 2.49. The number of benzene rings is 1. The zero-order valence-corrected chi connectivity index (χ0v) is 12.1. The molecule has 0 unspecified atom stereocenters. The molecule has 0 atom stereocenters. The summed E-state index contributed by atoms with van der Waals surface area (Å²) in [6, 6.07) is 6.07. The van der Waals surface area contributed by atoms with Crippen molar-refractivity contribution in [1.82, 2.24) is 9.88 Å². The third kappa shape index (κ3) is 1.79. The number of carbonyl (C=O) groups is 1. The summed E-state index contributed by atoms with van der Waals surface area (Å²) in [5.41, 5.74) is 1.43. The van der Waals surface area contributed by atoms with E-state index >= 15 is 0 Å². The van der Waals surface area contributed by atoms with Crippen molar-refractivity contribution in [1.29, 1.82) is 0 Å². The van der Waals surface area contributed by atoms with Gasteiger partial charge in [0.1, 0.15) is 5.39 Å². The molecule has 0 spiro atoms. The normalized spacial score (nSPS) is 17.6. The second kappa shape index (κ2) is 4.39. The summed E-state index contributed by atoms with van der Waals surface area (Å²) < 4.78 is 2.10. The van der Waals surface area contributed by atoms with Crippen LogP contribution in [0.1, 0.15) is 30.0 Å². The second-order valence-electron chi connectivity index (χ2n) is 5.77. The van der Waals surface area contributed by atoms with Gasteiger partial charge < -0.3 is 0 Å². The van der Waals surface area contributed by atoms with Gasteiger partial charge in [-0.15, -0.1) is 4.98 Å². The molecule has 3 heterocycles. The minimum Gasteiger partial charge on any atom is -0.288 e. The van der Waals surface area contributed by atoms with Gasteiger partial charge in [-0.2, -0.15) is 0 Å². The van der Waals surface area contributed by atoms with Gasteiger partial charge in [-0.25, -0.2) is 4.57 Å². The molecule has 6 nitrogen and oxygen atoms in total. The van der Waals surface area contributed by atoms with Crippen molar-refractivity contribution in [2.24, 2.45) is 10.2 Å². The fourth-order valence-corrected chi connectivity index (χ4v) is 3.04. The number of hydrogen-bond donors (Lipinski definition) is 0. The van der Waals surface area contributed by atoms with E-state index in [0.717, 1.165) is 42.2 Å². The Hall–Kier alpha value is -2.21. The molecule has 0 aliphatic carbocycles. The molecule has 6 heteroatoms. The van der Waals surface area contributed by atoms with Gasteiger partial charge in [0.25, 0.3) is 5.82 Å². The van der Waals surface area contributed by atoms with Gasteiger partial charge in [-0.3, -0.25) is 9.69 Å². The zero-order chi connectivity index (χ0) is 14.6. The number of hydrogen-bond acceptors (Lipinski definition) is 4. The number of fused-ring (bicyclic) bond motifs is 2. The first-order valence-corrected chi connectivity index (χ1v) is 7.20. The molecule has 0 saturated heterocycles. The molecule has 2 aliphatic heterocycles. The highest BCUT2D eigenvalue weighted by molar-refractivity contribution is 6.10. The molecule has 2 aromatic rings. The maximum atomic E-state index is 11.9. The van der Waals surface area contributed by atoms with Crippen molar-refractivity contribution in [2.45, 2.75) is 33.0 Å². The molecule has 106 valence electrons. The van der Waals surface area contributed by atoms with E-state index in [-0.39, 0.29) is 5.91 Å². The first-order chi connectivity index (χ1) is 10.1. The number of carbonyl (C=O) groups excluding carboxylic acids is 1. The van der Waals surface area contributed by atoms with Gasteiger partial charge in [0.2, 0.25) is 0 Å². The van der Waals surface area contributed by atoms with Crippen molar-refractivity contribution in [3.05, 3.63) is 29.6 Å². The van der Waals surface area contributed by atoms with E-state index in [1.807, 2.05) is 12.1 Å². The molecule has 0 radical (unpaired) electrons. The Labute approximate surface area is 122 Å². The highest BCUT2D eigenvalue weighted by Crippen LogP contribution is 2.31. The van der Waals surface area contributed by atoms with Gasteiger partial charge in [-0.05, 0) is 31.1 Å². The van der Waals surface area contributed by atoms with Crippen molar-refractivity contribution < 1.29 is 9.36 Å². The molecule has 1 amide bonds. The molecular formula is C15H16N5O+. The Morgan fingerprint density at radius 2 is 2.14 bits per heavy atom. The molecule has 0 N–H and O–H groups in total. The van der Waals surface area contributed by atoms with Crippen LogP contribution in [-0.2, 0) is 13.1 Å². The lowest BCUT2D eigenvalue weighted by atomic mass is 10.1. The van der Waals surface area contributed by atoms with Gasteiger partial charge in [0.15, 0.2) is 5.52 Å². The van der Waals surface area contributed by atoms with Gasteiger partial charge in [0, 0.05) is 17.7 Å². The molecular weight excluding hydrogens is 266 g/mol. The van der Waals surface area contributed by atoms with E-state index in [4.69, 9.17) is 4.98 Å². The summed E-state index contributed by atoms with van der Waals surface area (Å²) in [6.07, 6.45) is 0. The van der Waals surface area contributed by atoms with Crippen LogP contribution in [-0.4, -0.2) is 28.4 Å². The Kier molecular flexibility index (Phi) is 2.62. The lowest BCUT2D eigenvalue weighted by Gasteiger charge is -2.29. The van der Waals surface area contributed by atoms with Gasteiger partial charge in [-0.1, -0.05) is 6.07 Å². The van der Waals surface area contributed by atoms with E-state index in [0.29, 0.717) is 11.6 Å². The highest BCUT2D eigenvalue weighted by atomic mass is 16.1. The fourth-order valence-electron chi connectivity index (χ4n) is 3.04. The summed E-state index contributed by atoms with van der Waals surface area (Å²) >= 11 is 0. The second-order valence-corrected chi connectivity index (χ2v) is 5.77. The first-order valence-electron chi connectivity index (χ1n) is 7.20. The topological polar surface area (TPSA) is 61.8 Å². The third-order valence-corrected chi connectivity index (χ3v) is 4.23. The van der Waals surface area contributed by atoms with Crippen LogP contribution >= 0.6 is 0 Å². The summed E-state index contributed by atoms with van der Waals surface area (Å²) in [4.78, 5) is 19.0. The summed E-state index contributed by atoms with van der Waals surface area (Å²) in [5, 5.41) is 8.77. The summed E-state index contributed by atoms with van der Waals surface area (Å²) in [6.45, 7) is 6.97. The van der Waals surface area contributed by atoms with Crippen LogP contribution in [0.5, 0.6) is 0 Å². The van der Waals surface area contributed by atoms with Gasteiger partial charge in [0.05, 0.1) is 18.7 Å². The van der Waals surface area contributed by atoms with E-state index in [1.54, 1.807) is 6.07 Å². The number of rotatable bonds is 1. The van der Waals surface area contributed by atoms with Crippen LogP contribution in [0.25, 0.3) is 10.9 Å². The first kappa shape index (κ1) is 12.5. The number of amides is 1. The standard InChI is InChI=1S/C15H16N5O/c1-9(2)19-6-7-20-12(8-19)16-11-5-3-4-10-13(11)14(20)17-18-15(10)21/h3-5,9H,6-8H2,1-2H3/q+1. The molecule has 0 bridgehead atoms. The Balaban J connectivity index is 1.97. The van der Waals surface area contributed by atoms with Crippen molar-refractivity contribution in [2.75, 3.05) is 6.54 Å². The smallest absolute Gasteiger partial charge is 0.288 e. The van der Waals surface area contributed by atoms with E-state index in [2.05, 4.69) is 33.5 Å². The minimum absolute atomic E-state index is 0.282. The maximum absolute atomic E-state index is 11.9. The number of nitrogens with zero attached hydrogens (tertiary/aromatic N) is 5. The van der Waals surface area contributed by atoms with Crippen LogP contribution in [0.4, 0.5) is 5.82 Å². The Morgan fingerprint density at radius 1 is 1.29 bits per heavy atom. The summed E-state index contributed by atoms with van der Waals surface area (Å²) in [5.74, 6) is 1.48. The van der Waals surface area contributed by atoms with Crippen molar-refractivity contribution >= 4 is 22.6 Å². The molecule has 21 heavy (non-hydrogen) atoms. The van der Waals surface area contributed by atoms with Crippen molar-refractivity contribution in [3.8, 4) is 0 Å². The predicted octanol–water partition coefficient (Wildman–Crippen LogP) is 1.98. The van der Waals surface area contributed by atoms with Crippen LogP contribution in [0.2, 0.25) is 0 Å². The third-order valence-electron chi connectivity index (χ3n) is 4.23. The maximum Gasteiger partial charge on any atom is 0.312 e. The molecule has 1 aromatic carbocycles. The van der Waals surface area contributed by atoms with Crippen molar-refractivity contribution in [3.63, 3.8) is 0 Å². The van der Waals surface area contributed by atoms with E-state index < -0.39 is 0 Å². The molecule has 1 aromatic heterocycles. The lowest BCUT2D eigenvalue weighted by Crippen LogP contribution is -2.53. The van der Waals surface area contributed by atoms with E-state index in [1.165, 1.54) is 0 Å². The van der Waals surface area contributed by atoms with Crippen LogP contribution in [0.3, 0.4) is 0 Å². The quantitative estimate of drug-likeness (QED) is 0.751. The Bertz CT molecular complexity index is 796. The van der Waals surface area contributed by atoms with E-state index in [9.17, 15) is 4.79 Å². The largest absolute Gasteiger partial charge is 0.312 e. The number of azo groups is 1. The molecule has 4 rings (SSSR count). The number of aromatic nitrogens is 2.